The zero-order valence-electron chi connectivity index (χ0n) is 30.0. The van der Waals surface area contributed by atoms with Crippen LogP contribution in [0.5, 0.6) is 11.5 Å². The number of aliphatic hydroxyl groups is 2. The number of para-hydroxylation sites is 1. The minimum atomic E-state index is -3.37. The van der Waals surface area contributed by atoms with Crippen LogP contribution in [-0.2, 0) is 5.41 Å². The molecule has 0 radical (unpaired) electrons. The summed E-state index contributed by atoms with van der Waals surface area (Å²) in [6, 6.07) is 32.5. The number of methoxy groups -OCH3 is 2. The van der Waals surface area contributed by atoms with E-state index in [0.717, 1.165) is 16.7 Å². The Hall–Kier alpha value is -4.40. The van der Waals surface area contributed by atoms with Crippen molar-refractivity contribution in [3.8, 4) is 17.6 Å². The van der Waals surface area contributed by atoms with Crippen molar-refractivity contribution in [1.29, 1.82) is 5.26 Å². The molecule has 0 bridgehead atoms. The van der Waals surface area contributed by atoms with Gasteiger partial charge in [-0.3, -0.25) is 10.1 Å². The normalized spacial score (nSPS) is 13.2. The second-order valence-corrected chi connectivity index (χ2v) is 15.3. The van der Waals surface area contributed by atoms with E-state index in [9.17, 15) is 30.1 Å². The molecule has 0 saturated heterocycles. The fourth-order valence-corrected chi connectivity index (χ4v) is 9.07. The van der Waals surface area contributed by atoms with Crippen molar-refractivity contribution >= 4 is 13.6 Å². The number of nitro benzene ring substituents is 1. The number of nitrogens with zero attached hydrogens (tertiary/aromatic N) is 3. The number of aliphatic hydroxyl groups excluding tert-OH is 2. The molecule has 12 heteroatoms. The molecule has 4 aromatic rings. The minimum Gasteiger partial charge on any atom is -0.497 e. The number of benzene rings is 4. The number of rotatable bonds is 15. The van der Waals surface area contributed by atoms with E-state index in [-0.39, 0.29) is 42.3 Å². The van der Waals surface area contributed by atoms with Crippen molar-refractivity contribution in [3.63, 3.8) is 0 Å². The summed E-state index contributed by atoms with van der Waals surface area (Å²) in [5.74, 6) is 1.32. The molecule has 0 aliphatic carbocycles. The van der Waals surface area contributed by atoms with Crippen molar-refractivity contribution in [2.75, 3.05) is 20.4 Å². The molecule has 4 aromatic carbocycles. The summed E-state index contributed by atoms with van der Waals surface area (Å²) < 4.78 is 12.4. The summed E-state index contributed by atoms with van der Waals surface area (Å²) in [4.78, 5) is 30.9. The second kappa shape index (κ2) is 18.7. The molecule has 4 N–H and O–H groups in total. The number of hydrogen-bond donors (Lipinski definition) is 4. The van der Waals surface area contributed by atoms with Crippen LogP contribution in [-0.4, -0.2) is 68.2 Å². The quantitative estimate of drug-likeness (QED) is 0.0437. The minimum absolute atomic E-state index is 0.0929. The van der Waals surface area contributed by atoms with E-state index in [4.69, 9.17) is 14.7 Å². The summed E-state index contributed by atoms with van der Waals surface area (Å²) in [6.07, 6.45) is -2.21. The Labute approximate surface area is 301 Å². The van der Waals surface area contributed by atoms with Crippen LogP contribution in [0.2, 0.25) is 0 Å². The Morgan fingerprint density at radius 1 is 0.784 bits per heavy atom. The van der Waals surface area contributed by atoms with Crippen LogP contribution in [0.3, 0.4) is 0 Å². The average Bonchev–Trinajstić information content (AvgIpc) is 3.11. The predicted octanol–water partition coefficient (Wildman–Crippen LogP) is 6.93. The molecule has 11 nitrogen and oxygen atoms in total. The van der Waals surface area contributed by atoms with Crippen molar-refractivity contribution in [1.82, 2.24) is 4.67 Å². The molecular formula is C39H50N3O8P. The van der Waals surface area contributed by atoms with Crippen molar-refractivity contribution < 1.29 is 34.4 Å². The smallest absolute Gasteiger partial charge is 0.275 e. The van der Waals surface area contributed by atoms with Gasteiger partial charge in [0, 0.05) is 12.5 Å². The van der Waals surface area contributed by atoms with Crippen LogP contribution in [0, 0.1) is 21.4 Å². The maximum absolute atomic E-state index is 12.0. The van der Waals surface area contributed by atoms with Crippen LogP contribution >= 0.6 is 7.87 Å². The Balaban J connectivity index is 0.000000425. The Kier molecular flexibility index (Phi) is 15.1. The standard InChI is InChI=1S/C30H29NO6.C9H21N2O2P/c1-36-24-16-12-22(13-17-24)30(21-8-4-3-5-9-21,23-14-18-25(37-2)19-15-23)29(33)20-28(32)26-10-6-7-11-27(26)31(34)35;1-8(2)11(9(3)4)14(12,13)7-5-6-10/h3-19,28-29,32-33H,20H2,1-2H3;8-9,12-14H,5,7H2,1-4H3. The molecule has 2 unspecified atom stereocenters. The van der Waals surface area contributed by atoms with Gasteiger partial charge in [-0.25, -0.2) is 0 Å². The summed E-state index contributed by atoms with van der Waals surface area (Å²) in [6.45, 7) is 7.72. The first-order valence-electron chi connectivity index (χ1n) is 16.8. The van der Waals surface area contributed by atoms with Gasteiger partial charge >= 0.3 is 86.0 Å². The van der Waals surface area contributed by atoms with E-state index >= 15 is 0 Å². The number of hydrogen-bond acceptors (Lipinski definition) is 10. The summed E-state index contributed by atoms with van der Waals surface area (Å²) >= 11 is 0. The molecule has 0 amide bonds. The van der Waals surface area contributed by atoms with Gasteiger partial charge in [0.05, 0.1) is 42.3 Å². The predicted molar refractivity (Wildman–Crippen MR) is 201 cm³/mol. The Bertz CT molecular complexity index is 1660. The van der Waals surface area contributed by atoms with Crippen molar-refractivity contribution in [2.24, 2.45) is 0 Å². The molecule has 0 saturated carbocycles. The van der Waals surface area contributed by atoms with Crippen LogP contribution in [0.15, 0.2) is 103 Å². The van der Waals surface area contributed by atoms with Gasteiger partial charge in [-0.15, -0.1) is 0 Å². The fraction of sp³-hybridized carbons (Fsp3) is 0.359. The van der Waals surface area contributed by atoms with Crippen LogP contribution in [0.25, 0.3) is 0 Å². The van der Waals surface area contributed by atoms with E-state index < -0.39 is 30.4 Å². The van der Waals surface area contributed by atoms with Gasteiger partial charge in [0.25, 0.3) is 5.69 Å². The SMILES string of the molecule is CC(C)N(C(C)C)[PH](O)(O)CCC#N.COc1ccc(C(c2ccccc2)(c2ccc(OC)cc2)C(O)CC(O)c2ccccc2[N+](=O)[O-])cc1. The molecule has 0 heterocycles. The van der Waals surface area contributed by atoms with E-state index in [0.29, 0.717) is 11.5 Å². The number of nitro groups is 1. The van der Waals surface area contributed by atoms with Gasteiger partial charge in [-0.05, 0) is 47.0 Å². The van der Waals surface area contributed by atoms with Gasteiger partial charge in [0.2, 0.25) is 0 Å². The molecule has 0 fully saturated rings. The summed E-state index contributed by atoms with van der Waals surface area (Å²) in [7, 11) is -0.201. The van der Waals surface area contributed by atoms with Crippen LogP contribution in [0.4, 0.5) is 5.69 Å². The first-order chi connectivity index (χ1) is 24.2. The summed E-state index contributed by atoms with van der Waals surface area (Å²) in [5, 5.41) is 43.2. The van der Waals surface area contributed by atoms with Gasteiger partial charge in [0.1, 0.15) is 11.5 Å². The second-order valence-electron chi connectivity index (χ2n) is 12.7. The molecule has 274 valence electrons. The van der Waals surface area contributed by atoms with Gasteiger partial charge in [-0.2, -0.15) is 0 Å². The van der Waals surface area contributed by atoms with Crippen LogP contribution in [0.1, 0.15) is 68.9 Å². The third-order valence-electron chi connectivity index (χ3n) is 8.86. The zero-order valence-corrected chi connectivity index (χ0v) is 31.0. The van der Waals surface area contributed by atoms with Gasteiger partial charge in [-0.1, -0.05) is 66.7 Å². The maximum Gasteiger partial charge on any atom is 0.275 e. The molecule has 4 rings (SSSR count). The summed E-state index contributed by atoms with van der Waals surface area (Å²) in [5.41, 5.74) is 1.18. The Morgan fingerprint density at radius 3 is 1.67 bits per heavy atom. The molecule has 0 aliphatic heterocycles. The van der Waals surface area contributed by atoms with E-state index in [1.54, 1.807) is 31.0 Å². The third-order valence-corrected chi connectivity index (χ3v) is 11.6. The average molecular weight is 720 g/mol. The molecule has 0 aliphatic rings. The van der Waals surface area contributed by atoms with E-state index in [1.807, 2.05) is 113 Å². The van der Waals surface area contributed by atoms with E-state index in [2.05, 4.69) is 0 Å². The molecular weight excluding hydrogens is 669 g/mol. The van der Waals surface area contributed by atoms with E-state index in [1.165, 1.54) is 12.1 Å². The third kappa shape index (κ3) is 9.89. The van der Waals surface area contributed by atoms with Crippen LogP contribution < -0.4 is 9.47 Å². The maximum atomic E-state index is 12.0. The number of ether oxygens (including phenoxy) is 2. The topological polar surface area (TPSA) is 170 Å². The monoisotopic (exact) mass is 719 g/mol. The van der Waals surface area contributed by atoms with Gasteiger partial charge < -0.3 is 19.7 Å². The first kappa shape index (κ1) is 41.0. The molecule has 0 aromatic heterocycles. The van der Waals surface area contributed by atoms with Crippen molar-refractivity contribution in [2.45, 2.75) is 70.2 Å². The zero-order chi connectivity index (χ0) is 37.8. The van der Waals surface area contributed by atoms with Crippen molar-refractivity contribution in [3.05, 3.63) is 135 Å². The molecule has 0 spiro atoms. The molecule has 51 heavy (non-hydrogen) atoms. The van der Waals surface area contributed by atoms with Gasteiger partial charge in [0.15, 0.2) is 0 Å². The Morgan fingerprint density at radius 2 is 1.24 bits per heavy atom. The first-order valence-corrected chi connectivity index (χ1v) is 18.8. The fourth-order valence-electron chi connectivity index (χ4n) is 6.71. The number of nitriles is 1. The largest absolute Gasteiger partial charge is 0.497 e. The molecule has 2 atom stereocenters.